The number of hydrogen-bond donors (Lipinski definition) is 3. The number of phenolic OH excluding ortho intramolecular Hbond substituents is 1. The van der Waals surface area contributed by atoms with Crippen LogP contribution in [0.15, 0.2) is 41.3 Å². The highest BCUT2D eigenvalue weighted by Gasteiger charge is 2.19. The van der Waals surface area contributed by atoms with Crippen molar-refractivity contribution in [3.8, 4) is 5.75 Å². The Morgan fingerprint density at radius 2 is 1.88 bits per heavy atom. The molecule has 0 aliphatic rings. The molecular weight excluding hydrogens is 366 g/mol. The number of halogens is 2. The number of hydrogen-bond acceptors (Lipinski definition) is 4. The summed E-state index contributed by atoms with van der Waals surface area (Å²) in [6.07, 6.45) is 0.141. The van der Waals surface area contributed by atoms with Gasteiger partial charge in [0.05, 0.1) is 5.69 Å². The first-order valence-corrected chi connectivity index (χ1v) is 9.21. The molecule has 0 aliphatic carbocycles. The van der Waals surface area contributed by atoms with Gasteiger partial charge in [0.1, 0.15) is 22.3 Å². The smallest absolute Gasteiger partial charge is 0.243 e. The largest absolute Gasteiger partial charge is 0.506 e. The van der Waals surface area contributed by atoms with E-state index in [1.165, 1.54) is 6.07 Å². The second-order valence-electron chi connectivity index (χ2n) is 5.64. The predicted molar refractivity (Wildman–Crippen MR) is 92.3 cm³/mol. The Labute approximate surface area is 149 Å². The van der Waals surface area contributed by atoms with Crippen molar-refractivity contribution in [3.05, 3.63) is 53.6 Å². The van der Waals surface area contributed by atoms with E-state index in [2.05, 4.69) is 10.0 Å². The molecule has 0 aliphatic heterocycles. The molecule has 0 atom stereocenters. The Morgan fingerprint density at radius 3 is 2.54 bits per heavy atom. The van der Waals surface area contributed by atoms with Crippen LogP contribution in [0.25, 0.3) is 0 Å². The molecule has 140 valence electrons. The number of carbonyl (C=O) groups is 1. The lowest BCUT2D eigenvalue weighted by molar-refractivity contribution is -0.116. The SMILES string of the molecule is Cc1ccc(NC(=O)CCCNS(=O)(=O)c2ccc(F)cc2F)c(O)c1. The average Bonchev–Trinajstić information content (AvgIpc) is 2.54. The molecular formula is C17H18F2N2O4S. The maximum atomic E-state index is 13.5. The highest BCUT2D eigenvalue weighted by Crippen LogP contribution is 2.24. The second kappa shape index (κ2) is 8.24. The number of nitrogens with one attached hydrogen (secondary N) is 2. The van der Waals surface area contributed by atoms with Crippen molar-refractivity contribution in [3.63, 3.8) is 0 Å². The Balaban J connectivity index is 1.84. The van der Waals surface area contributed by atoms with Crippen LogP contribution in [0.5, 0.6) is 5.75 Å². The minimum Gasteiger partial charge on any atom is -0.506 e. The first-order chi connectivity index (χ1) is 12.2. The number of sulfonamides is 1. The number of phenols is 1. The Kier molecular flexibility index (Phi) is 6.27. The number of anilines is 1. The molecule has 0 radical (unpaired) electrons. The molecule has 0 spiro atoms. The zero-order chi connectivity index (χ0) is 19.3. The third kappa shape index (κ3) is 5.24. The van der Waals surface area contributed by atoms with Crippen molar-refractivity contribution < 1.29 is 27.1 Å². The number of benzene rings is 2. The van der Waals surface area contributed by atoms with Gasteiger partial charge in [-0.15, -0.1) is 0 Å². The van der Waals surface area contributed by atoms with Crippen LogP contribution in [-0.4, -0.2) is 26.0 Å². The van der Waals surface area contributed by atoms with Gasteiger partial charge in [-0.2, -0.15) is 0 Å². The topological polar surface area (TPSA) is 95.5 Å². The number of amides is 1. The summed E-state index contributed by atoms with van der Waals surface area (Å²) >= 11 is 0. The minimum absolute atomic E-state index is 0.0122. The van der Waals surface area contributed by atoms with Gasteiger partial charge >= 0.3 is 0 Å². The van der Waals surface area contributed by atoms with Crippen LogP contribution in [-0.2, 0) is 14.8 Å². The molecule has 6 nitrogen and oxygen atoms in total. The molecule has 0 fully saturated rings. The summed E-state index contributed by atoms with van der Waals surface area (Å²) in [5.74, 6) is -2.54. The summed E-state index contributed by atoms with van der Waals surface area (Å²) < 4.78 is 52.5. The van der Waals surface area contributed by atoms with Crippen LogP contribution in [0.2, 0.25) is 0 Å². The van der Waals surface area contributed by atoms with Crippen LogP contribution in [0.1, 0.15) is 18.4 Å². The summed E-state index contributed by atoms with van der Waals surface area (Å²) in [5, 5.41) is 12.2. The van der Waals surface area contributed by atoms with Crippen LogP contribution >= 0.6 is 0 Å². The fourth-order valence-electron chi connectivity index (χ4n) is 2.19. The van der Waals surface area contributed by atoms with Crippen molar-refractivity contribution >= 4 is 21.6 Å². The van der Waals surface area contributed by atoms with Crippen LogP contribution < -0.4 is 10.0 Å². The molecule has 26 heavy (non-hydrogen) atoms. The zero-order valence-electron chi connectivity index (χ0n) is 13.9. The van der Waals surface area contributed by atoms with Crippen LogP contribution in [0.4, 0.5) is 14.5 Å². The normalized spacial score (nSPS) is 11.3. The van der Waals surface area contributed by atoms with E-state index in [4.69, 9.17) is 0 Å². The van der Waals surface area contributed by atoms with Crippen molar-refractivity contribution in [2.45, 2.75) is 24.7 Å². The van der Waals surface area contributed by atoms with Gasteiger partial charge in [0.25, 0.3) is 0 Å². The second-order valence-corrected chi connectivity index (χ2v) is 7.38. The van der Waals surface area contributed by atoms with E-state index in [0.29, 0.717) is 6.07 Å². The Bertz CT molecular complexity index is 917. The standard InChI is InChI=1S/C17H18F2N2O4S/c1-11-4-6-14(15(22)9-11)21-17(23)3-2-8-20-26(24,25)16-7-5-12(18)10-13(16)19/h4-7,9-10,20,22H,2-3,8H2,1H3,(H,21,23). The summed E-state index contributed by atoms with van der Waals surface area (Å²) in [4.78, 5) is 11.2. The number of aromatic hydroxyl groups is 1. The van der Waals surface area contributed by atoms with Crippen molar-refractivity contribution in [2.24, 2.45) is 0 Å². The van der Waals surface area contributed by atoms with E-state index in [9.17, 15) is 27.1 Å². The summed E-state index contributed by atoms with van der Waals surface area (Å²) in [6, 6.07) is 6.94. The first kappa shape index (κ1) is 19.8. The molecule has 0 aromatic heterocycles. The Hall–Kier alpha value is -2.52. The average molecular weight is 384 g/mol. The monoisotopic (exact) mass is 384 g/mol. The number of rotatable bonds is 7. The van der Waals surface area contributed by atoms with Gasteiger partial charge in [-0.1, -0.05) is 6.07 Å². The Morgan fingerprint density at radius 1 is 1.15 bits per heavy atom. The lowest BCUT2D eigenvalue weighted by Gasteiger charge is -2.09. The van der Waals surface area contributed by atoms with Crippen molar-refractivity contribution in [1.82, 2.24) is 4.72 Å². The molecule has 0 bridgehead atoms. The summed E-state index contributed by atoms with van der Waals surface area (Å²) in [7, 11) is -4.14. The van der Waals surface area contributed by atoms with Gasteiger partial charge < -0.3 is 10.4 Å². The summed E-state index contributed by atoms with van der Waals surface area (Å²) in [5.41, 5.74) is 1.09. The fourth-order valence-corrected chi connectivity index (χ4v) is 3.32. The lowest BCUT2D eigenvalue weighted by Crippen LogP contribution is -2.26. The van der Waals surface area contributed by atoms with Gasteiger partial charge in [-0.25, -0.2) is 21.9 Å². The molecule has 0 heterocycles. The van der Waals surface area contributed by atoms with Crippen molar-refractivity contribution in [1.29, 1.82) is 0 Å². The number of carbonyl (C=O) groups excluding carboxylic acids is 1. The van der Waals surface area contributed by atoms with Crippen LogP contribution in [0, 0.1) is 18.6 Å². The molecule has 9 heteroatoms. The van der Waals surface area contributed by atoms with E-state index in [0.717, 1.165) is 17.7 Å². The first-order valence-electron chi connectivity index (χ1n) is 7.73. The zero-order valence-corrected chi connectivity index (χ0v) is 14.7. The van der Waals surface area contributed by atoms with E-state index >= 15 is 0 Å². The van der Waals surface area contributed by atoms with Gasteiger partial charge in [0.2, 0.25) is 15.9 Å². The van der Waals surface area contributed by atoms with E-state index in [1.807, 2.05) is 0 Å². The lowest BCUT2D eigenvalue weighted by atomic mass is 10.2. The molecule has 2 aromatic carbocycles. The van der Waals surface area contributed by atoms with E-state index in [-0.39, 0.29) is 30.8 Å². The van der Waals surface area contributed by atoms with E-state index in [1.54, 1.807) is 19.1 Å². The van der Waals surface area contributed by atoms with E-state index < -0.39 is 32.5 Å². The van der Waals surface area contributed by atoms with Crippen molar-refractivity contribution in [2.75, 3.05) is 11.9 Å². The predicted octanol–water partition coefficient (Wildman–Crippen LogP) is 2.68. The molecule has 3 N–H and O–H groups in total. The minimum atomic E-state index is -4.14. The third-order valence-electron chi connectivity index (χ3n) is 3.48. The highest BCUT2D eigenvalue weighted by atomic mass is 32.2. The van der Waals surface area contributed by atoms with Gasteiger partial charge in [-0.3, -0.25) is 4.79 Å². The maximum Gasteiger partial charge on any atom is 0.243 e. The molecule has 0 unspecified atom stereocenters. The molecule has 0 saturated heterocycles. The quantitative estimate of drug-likeness (QED) is 0.505. The summed E-state index contributed by atoms with van der Waals surface area (Å²) in [6.45, 7) is 1.69. The maximum absolute atomic E-state index is 13.5. The van der Waals surface area contributed by atoms with Crippen LogP contribution in [0.3, 0.4) is 0 Å². The van der Waals surface area contributed by atoms with Gasteiger partial charge in [0.15, 0.2) is 0 Å². The molecule has 0 saturated carbocycles. The highest BCUT2D eigenvalue weighted by molar-refractivity contribution is 7.89. The molecule has 2 aromatic rings. The fraction of sp³-hybridized carbons (Fsp3) is 0.235. The van der Waals surface area contributed by atoms with Gasteiger partial charge in [0, 0.05) is 19.0 Å². The number of aryl methyl sites for hydroxylation is 1. The third-order valence-corrected chi connectivity index (χ3v) is 4.98. The van der Waals surface area contributed by atoms with Gasteiger partial charge in [-0.05, 0) is 43.2 Å². The molecule has 2 rings (SSSR count). The molecule has 1 amide bonds.